The number of fused-ring (bicyclic) bond motifs is 1. The van der Waals surface area contributed by atoms with Gasteiger partial charge in [0, 0.05) is 0 Å². The first-order chi connectivity index (χ1) is 5.77. The van der Waals surface area contributed by atoms with Crippen LogP contribution in [0.25, 0.3) is 11.0 Å². The van der Waals surface area contributed by atoms with E-state index in [0.29, 0.717) is 11.0 Å². The van der Waals surface area contributed by atoms with E-state index in [1.54, 1.807) is 0 Å². The zero-order chi connectivity index (χ0) is 8.55. The minimum atomic E-state index is 0.138. The lowest BCUT2D eigenvalue weighted by atomic mass is 10.4. The Morgan fingerprint density at radius 3 is 2.75 bits per heavy atom. The summed E-state index contributed by atoms with van der Waals surface area (Å²) in [4.78, 5) is 15.3. The van der Waals surface area contributed by atoms with Gasteiger partial charge in [-0.1, -0.05) is 11.6 Å². The number of nitrogens with zero attached hydrogens (tertiary/aromatic N) is 4. The van der Waals surface area contributed by atoms with Gasteiger partial charge in [0.15, 0.2) is 5.15 Å². The SMILES string of the molecule is Clc1ncc2ncnc(Cl)c2n1. The van der Waals surface area contributed by atoms with Crippen LogP contribution in [0.5, 0.6) is 0 Å². The summed E-state index contributed by atoms with van der Waals surface area (Å²) >= 11 is 11.3. The molecule has 0 fully saturated rings. The first kappa shape index (κ1) is 7.64. The van der Waals surface area contributed by atoms with Crippen LogP contribution in [0, 0.1) is 0 Å². The molecule has 0 N–H and O–H groups in total. The van der Waals surface area contributed by atoms with Crippen molar-refractivity contribution < 1.29 is 0 Å². The highest BCUT2D eigenvalue weighted by Gasteiger charge is 2.03. The van der Waals surface area contributed by atoms with E-state index in [9.17, 15) is 0 Å². The molecule has 0 bridgehead atoms. The van der Waals surface area contributed by atoms with Crippen molar-refractivity contribution in [2.24, 2.45) is 0 Å². The molecule has 60 valence electrons. The van der Waals surface area contributed by atoms with Crippen molar-refractivity contribution in [1.82, 2.24) is 19.9 Å². The van der Waals surface area contributed by atoms with Crippen LogP contribution in [0.1, 0.15) is 0 Å². The lowest BCUT2D eigenvalue weighted by Gasteiger charge is -1.95. The topological polar surface area (TPSA) is 51.6 Å². The standard InChI is InChI=1S/C6H2Cl2N4/c7-5-4-3(10-2-11-5)1-9-6(8)12-4/h1-2H. The molecule has 2 rings (SSSR count). The number of halogens is 2. The molecule has 0 unspecified atom stereocenters. The van der Waals surface area contributed by atoms with Gasteiger partial charge in [-0.2, -0.15) is 0 Å². The fraction of sp³-hybridized carbons (Fsp3) is 0. The van der Waals surface area contributed by atoms with Crippen LogP contribution in [0.2, 0.25) is 10.4 Å². The van der Waals surface area contributed by atoms with E-state index in [-0.39, 0.29) is 10.4 Å². The third-order valence-corrected chi connectivity index (χ3v) is 1.76. The zero-order valence-corrected chi connectivity index (χ0v) is 7.21. The maximum Gasteiger partial charge on any atom is 0.223 e. The minimum Gasteiger partial charge on any atom is -0.233 e. The molecule has 0 aliphatic carbocycles. The van der Waals surface area contributed by atoms with E-state index >= 15 is 0 Å². The number of hydrogen-bond donors (Lipinski definition) is 0. The molecular formula is C6H2Cl2N4. The lowest BCUT2D eigenvalue weighted by molar-refractivity contribution is 1.15. The van der Waals surface area contributed by atoms with E-state index in [1.165, 1.54) is 12.5 Å². The van der Waals surface area contributed by atoms with E-state index in [0.717, 1.165) is 0 Å². The molecule has 4 nitrogen and oxygen atoms in total. The fourth-order valence-corrected chi connectivity index (χ4v) is 1.12. The predicted molar refractivity (Wildman–Crippen MR) is 45.1 cm³/mol. The summed E-state index contributed by atoms with van der Waals surface area (Å²) in [6, 6.07) is 0. The Morgan fingerprint density at radius 2 is 1.92 bits per heavy atom. The Morgan fingerprint density at radius 1 is 1.08 bits per heavy atom. The van der Waals surface area contributed by atoms with Crippen LogP contribution in [0.4, 0.5) is 0 Å². The van der Waals surface area contributed by atoms with Gasteiger partial charge in [0.25, 0.3) is 0 Å². The second-order valence-corrected chi connectivity index (χ2v) is 2.73. The van der Waals surface area contributed by atoms with E-state index in [2.05, 4.69) is 19.9 Å². The fourth-order valence-electron chi connectivity index (χ4n) is 0.803. The van der Waals surface area contributed by atoms with Crippen molar-refractivity contribution in [1.29, 1.82) is 0 Å². The van der Waals surface area contributed by atoms with Crippen LogP contribution in [0.3, 0.4) is 0 Å². The summed E-state index contributed by atoms with van der Waals surface area (Å²) < 4.78 is 0. The molecule has 0 aliphatic heterocycles. The molecule has 2 heterocycles. The van der Waals surface area contributed by atoms with Gasteiger partial charge in [0.2, 0.25) is 5.28 Å². The van der Waals surface area contributed by atoms with Gasteiger partial charge in [-0.3, -0.25) is 0 Å². The summed E-state index contributed by atoms with van der Waals surface area (Å²) in [6.45, 7) is 0. The minimum absolute atomic E-state index is 0.138. The van der Waals surface area contributed by atoms with Gasteiger partial charge in [0.05, 0.1) is 6.20 Å². The average Bonchev–Trinajstić information content (AvgIpc) is 2.07. The van der Waals surface area contributed by atoms with Crippen LogP contribution in [-0.4, -0.2) is 19.9 Å². The second-order valence-electron chi connectivity index (χ2n) is 2.04. The third-order valence-electron chi connectivity index (χ3n) is 1.30. The van der Waals surface area contributed by atoms with Crippen molar-refractivity contribution >= 4 is 34.2 Å². The molecule has 0 spiro atoms. The molecule has 0 amide bonds. The summed E-state index contributed by atoms with van der Waals surface area (Å²) in [6.07, 6.45) is 2.85. The highest BCUT2D eigenvalue weighted by atomic mass is 35.5. The highest BCUT2D eigenvalue weighted by Crippen LogP contribution is 2.16. The third kappa shape index (κ3) is 1.19. The van der Waals surface area contributed by atoms with Gasteiger partial charge in [-0.25, -0.2) is 19.9 Å². The monoisotopic (exact) mass is 200 g/mol. The molecule has 0 radical (unpaired) electrons. The van der Waals surface area contributed by atoms with E-state index in [4.69, 9.17) is 23.2 Å². The highest BCUT2D eigenvalue weighted by molar-refractivity contribution is 6.34. The molecule has 2 aromatic rings. The first-order valence-corrected chi connectivity index (χ1v) is 3.82. The van der Waals surface area contributed by atoms with Crippen molar-refractivity contribution in [3.63, 3.8) is 0 Å². The van der Waals surface area contributed by atoms with Crippen molar-refractivity contribution in [3.8, 4) is 0 Å². The normalized spacial score (nSPS) is 10.5. The van der Waals surface area contributed by atoms with Crippen LogP contribution >= 0.6 is 23.2 Å². The smallest absolute Gasteiger partial charge is 0.223 e. The number of hydrogen-bond acceptors (Lipinski definition) is 4. The number of aromatic nitrogens is 4. The zero-order valence-electron chi connectivity index (χ0n) is 5.70. The molecule has 6 heteroatoms. The Bertz CT molecular complexity index is 431. The largest absolute Gasteiger partial charge is 0.233 e. The lowest BCUT2D eigenvalue weighted by Crippen LogP contribution is -1.89. The Hall–Kier alpha value is -1.00. The van der Waals surface area contributed by atoms with Gasteiger partial charge >= 0.3 is 0 Å². The second kappa shape index (κ2) is 2.80. The number of rotatable bonds is 0. The summed E-state index contributed by atoms with van der Waals surface area (Å²) in [7, 11) is 0. The Kier molecular flexibility index (Phi) is 1.78. The molecule has 12 heavy (non-hydrogen) atoms. The van der Waals surface area contributed by atoms with Crippen molar-refractivity contribution in [2.45, 2.75) is 0 Å². The summed E-state index contributed by atoms with van der Waals surface area (Å²) in [5.41, 5.74) is 1.05. The summed E-state index contributed by atoms with van der Waals surface area (Å²) in [5.74, 6) is 0. The van der Waals surface area contributed by atoms with Crippen LogP contribution in [0.15, 0.2) is 12.5 Å². The van der Waals surface area contributed by atoms with Gasteiger partial charge < -0.3 is 0 Å². The molecule has 0 aliphatic rings. The molecular weight excluding hydrogens is 199 g/mol. The maximum absolute atomic E-state index is 5.73. The molecule has 0 saturated heterocycles. The quantitative estimate of drug-likeness (QED) is 0.481. The average molecular weight is 201 g/mol. The predicted octanol–water partition coefficient (Wildman–Crippen LogP) is 1.73. The van der Waals surface area contributed by atoms with Gasteiger partial charge in [-0.05, 0) is 11.6 Å². The molecule has 2 aromatic heterocycles. The van der Waals surface area contributed by atoms with Gasteiger partial charge in [0.1, 0.15) is 17.4 Å². The summed E-state index contributed by atoms with van der Waals surface area (Å²) in [5, 5.41) is 0.420. The van der Waals surface area contributed by atoms with Crippen LogP contribution in [-0.2, 0) is 0 Å². The van der Waals surface area contributed by atoms with E-state index in [1.807, 2.05) is 0 Å². The first-order valence-electron chi connectivity index (χ1n) is 3.06. The van der Waals surface area contributed by atoms with E-state index < -0.39 is 0 Å². The molecule has 0 aromatic carbocycles. The Labute approximate surface area is 77.6 Å². The molecule has 0 atom stereocenters. The molecule has 0 saturated carbocycles. The van der Waals surface area contributed by atoms with Gasteiger partial charge in [-0.15, -0.1) is 0 Å². The van der Waals surface area contributed by atoms with Crippen molar-refractivity contribution in [2.75, 3.05) is 0 Å². The Balaban J connectivity index is 2.88. The van der Waals surface area contributed by atoms with Crippen LogP contribution < -0.4 is 0 Å². The van der Waals surface area contributed by atoms with Crippen molar-refractivity contribution in [3.05, 3.63) is 23.0 Å². The maximum atomic E-state index is 5.73.